The molecule has 1 fully saturated rings. The van der Waals surface area contributed by atoms with Gasteiger partial charge >= 0.3 is 0 Å². The summed E-state index contributed by atoms with van der Waals surface area (Å²) >= 11 is 12.9. The summed E-state index contributed by atoms with van der Waals surface area (Å²) in [5.41, 5.74) is 0.824. The molecule has 0 radical (unpaired) electrons. The second-order valence-corrected chi connectivity index (χ2v) is 12.8. The minimum absolute atomic E-state index is 0.0208. The van der Waals surface area contributed by atoms with Gasteiger partial charge in [-0.15, -0.1) is 0 Å². The average Bonchev–Trinajstić information content (AvgIpc) is 2.98. The number of hydrogen-bond donors (Lipinski definition) is 1. The first kappa shape index (κ1) is 30.9. The van der Waals surface area contributed by atoms with Crippen molar-refractivity contribution in [1.82, 2.24) is 10.2 Å². The van der Waals surface area contributed by atoms with E-state index < -0.39 is 28.5 Å². The normalized spacial score (nSPS) is 14.7. The van der Waals surface area contributed by atoms with Gasteiger partial charge < -0.3 is 10.2 Å². The van der Waals surface area contributed by atoms with E-state index in [2.05, 4.69) is 5.32 Å². The summed E-state index contributed by atoms with van der Waals surface area (Å²) in [5.74, 6) is -0.801. The second kappa shape index (κ2) is 14.2. The molecule has 0 bridgehead atoms. The minimum Gasteiger partial charge on any atom is -0.352 e. The van der Waals surface area contributed by atoms with Crippen molar-refractivity contribution in [2.75, 3.05) is 10.8 Å². The Labute approximate surface area is 252 Å². The summed E-state index contributed by atoms with van der Waals surface area (Å²) in [5, 5.41) is 3.77. The van der Waals surface area contributed by atoms with E-state index in [4.69, 9.17) is 23.2 Å². The van der Waals surface area contributed by atoms with Gasteiger partial charge in [0, 0.05) is 17.6 Å². The topological polar surface area (TPSA) is 86.8 Å². The van der Waals surface area contributed by atoms with E-state index in [1.807, 2.05) is 13.0 Å². The van der Waals surface area contributed by atoms with E-state index in [1.54, 1.807) is 60.7 Å². The van der Waals surface area contributed by atoms with Crippen molar-refractivity contribution in [3.8, 4) is 0 Å². The van der Waals surface area contributed by atoms with Crippen molar-refractivity contribution in [2.24, 2.45) is 0 Å². The number of nitrogens with one attached hydrogen (secondary N) is 1. The lowest BCUT2D eigenvalue weighted by Crippen LogP contribution is -2.54. The van der Waals surface area contributed by atoms with Gasteiger partial charge in [0.25, 0.3) is 10.0 Å². The van der Waals surface area contributed by atoms with Gasteiger partial charge in [0.2, 0.25) is 11.8 Å². The lowest BCUT2D eigenvalue weighted by atomic mass is 9.95. The molecule has 0 unspecified atom stereocenters. The van der Waals surface area contributed by atoms with Crippen molar-refractivity contribution < 1.29 is 18.0 Å². The van der Waals surface area contributed by atoms with E-state index >= 15 is 0 Å². The molecule has 0 aromatic heterocycles. The number of anilines is 1. The van der Waals surface area contributed by atoms with Crippen molar-refractivity contribution in [2.45, 2.75) is 69.0 Å². The number of nitrogens with zero attached hydrogens (tertiary/aromatic N) is 2. The molecular formula is C31H35Cl2N3O4S. The molecule has 1 atom stereocenters. The Morgan fingerprint density at radius 1 is 0.878 bits per heavy atom. The number of para-hydroxylation sites is 1. The van der Waals surface area contributed by atoms with Crippen LogP contribution in [0.1, 0.15) is 51.0 Å². The Morgan fingerprint density at radius 2 is 1.49 bits per heavy atom. The molecule has 0 saturated heterocycles. The van der Waals surface area contributed by atoms with Crippen molar-refractivity contribution in [3.63, 3.8) is 0 Å². The maximum absolute atomic E-state index is 14.2. The Morgan fingerprint density at radius 3 is 2.12 bits per heavy atom. The SMILES string of the molecule is CC[C@H](C(=O)NC1CCCCC1)N(Cc1ccccc1Cl)C(=O)CN(c1ccccc1Cl)S(=O)(=O)c1ccccc1. The Kier molecular flexibility index (Phi) is 10.7. The molecule has 2 amide bonds. The van der Waals surface area contributed by atoms with Crippen LogP contribution in [0.4, 0.5) is 5.69 Å². The first-order valence-electron chi connectivity index (χ1n) is 13.9. The van der Waals surface area contributed by atoms with Crippen LogP contribution >= 0.6 is 23.2 Å². The number of carbonyl (C=O) groups is 2. The zero-order chi connectivity index (χ0) is 29.4. The highest BCUT2D eigenvalue weighted by molar-refractivity contribution is 7.92. The molecule has 1 aliphatic rings. The van der Waals surface area contributed by atoms with Crippen LogP contribution in [0.2, 0.25) is 10.0 Å². The van der Waals surface area contributed by atoms with Gasteiger partial charge in [-0.2, -0.15) is 0 Å². The van der Waals surface area contributed by atoms with Gasteiger partial charge in [-0.05, 0) is 55.2 Å². The molecule has 0 aliphatic heterocycles. The third-order valence-corrected chi connectivity index (χ3v) is 9.83. The van der Waals surface area contributed by atoms with Crippen LogP contribution in [0.15, 0.2) is 83.8 Å². The van der Waals surface area contributed by atoms with Gasteiger partial charge in [0.1, 0.15) is 12.6 Å². The third-order valence-electron chi connectivity index (χ3n) is 7.37. The van der Waals surface area contributed by atoms with Gasteiger partial charge in [-0.3, -0.25) is 13.9 Å². The summed E-state index contributed by atoms with van der Waals surface area (Å²) in [6.07, 6.45) is 5.38. The molecule has 1 aliphatic carbocycles. The van der Waals surface area contributed by atoms with Crippen LogP contribution in [-0.2, 0) is 26.2 Å². The van der Waals surface area contributed by atoms with Crippen LogP contribution in [-0.4, -0.2) is 43.8 Å². The maximum atomic E-state index is 14.2. The van der Waals surface area contributed by atoms with Crippen LogP contribution < -0.4 is 9.62 Å². The summed E-state index contributed by atoms with van der Waals surface area (Å²) in [6.45, 7) is 1.32. The Hall–Kier alpha value is -3.07. The zero-order valence-electron chi connectivity index (χ0n) is 23.0. The molecular weight excluding hydrogens is 581 g/mol. The Bertz CT molecular complexity index is 1450. The molecule has 7 nitrogen and oxygen atoms in total. The van der Waals surface area contributed by atoms with Gasteiger partial charge in [0.15, 0.2) is 0 Å². The number of carbonyl (C=O) groups excluding carboxylic acids is 2. The lowest BCUT2D eigenvalue weighted by Gasteiger charge is -2.34. The summed E-state index contributed by atoms with van der Waals surface area (Å²) in [7, 11) is -4.19. The minimum atomic E-state index is -4.19. The average molecular weight is 617 g/mol. The molecule has 1 saturated carbocycles. The van der Waals surface area contributed by atoms with E-state index in [-0.39, 0.29) is 34.1 Å². The number of sulfonamides is 1. The molecule has 3 aromatic rings. The van der Waals surface area contributed by atoms with Crippen LogP contribution in [0.3, 0.4) is 0 Å². The van der Waals surface area contributed by atoms with Crippen molar-refractivity contribution >= 4 is 50.7 Å². The van der Waals surface area contributed by atoms with Crippen LogP contribution in [0.25, 0.3) is 0 Å². The predicted octanol–water partition coefficient (Wildman–Crippen LogP) is 6.45. The quantitative estimate of drug-likeness (QED) is 0.269. The highest BCUT2D eigenvalue weighted by Crippen LogP contribution is 2.31. The molecule has 4 rings (SSSR count). The number of benzene rings is 3. The molecule has 1 N–H and O–H groups in total. The van der Waals surface area contributed by atoms with Crippen LogP contribution in [0, 0.1) is 0 Å². The molecule has 10 heteroatoms. The molecule has 3 aromatic carbocycles. The predicted molar refractivity (Wildman–Crippen MR) is 164 cm³/mol. The highest BCUT2D eigenvalue weighted by Gasteiger charge is 2.35. The fourth-order valence-electron chi connectivity index (χ4n) is 5.16. The number of rotatable bonds is 11. The fourth-order valence-corrected chi connectivity index (χ4v) is 7.10. The number of halogens is 2. The van der Waals surface area contributed by atoms with E-state index in [1.165, 1.54) is 17.0 Å². The zero-order valence-corrected chi connectivity index (χ0v) is 25.3. The third kappa shape index (κ3) is 7.61. The van der Waals surface area contributed by atoms with Gasteiger partial charge in [-0.25, -0.2) is 8.42 Å². The second-order valence-electron chi connectivity index (χ2n) is 10.2. The molecule has 41 heavy (non-hydrogen) atoms. The van der Waals surface area contributed by atoms with Crippen molar-refractivity contribution in [3.05, 3.63) is 94.5 Å². The summed E-state index contributed by atoms with van der Waals surface area (Å²) < 4.78 is 28.8. The van der Waals surface area contributed by atoms with Gasteiger partial charge in [0.05, 0.1) is 15.6 Å². The Balaban J connectivity index is 1.71. The standard InChI is InChI=1S/C31H35Cl2N3O4S/c1-2-28(31(38)34-24-14-5-3-6-15-24)35(21-23-13-9-10-18-26(23)32)30(37)22-36(29-20-12-11-19-27(29)33)41(39,40)25-16-7-4-8-17-25/h4,7-13,16-20,24,28H,2-3,5-6,14-15,21-22H2,1H3,(H,34,38)/t28-/m1/s1. The van der Waals surface area contributed by atoms with Crippen molar-refractivity contribution in [1.29, 1.82) is 0 Å². The first-order valence-corrected chi connectivity index (χ1v) is 16.1. The highest BCUT2D eigenvalue weighted by atomic mass is 35.5. The summed E-state index contributed by atoms with van der Waals surface area (Å²) in [4.78, 5) is 29.2. The fraction of sp³-hybridized carbons (Fsp3) is 0.355. The van der Waals surface area contributed by atoms with Gasteiger partial charge in [-0.1, -0.05) is 97.9 Å². The largest absolute Gasteiger partial charge is 0.352 e. The smallest absolute Gasteiger partial charge is 0.264 e. The van der Waals surface area contributed by atoms with E-state index in [9.17, 15) is 18.0 Å². The molecule has 0 spiro atoms. The lowest BCUT2D eigenvalue weighted by molar-refractivity contribution is -0.140. The maximum Gasteiger partial charge on any atom is 0.264 e. The van der Waals surface area contributed by atoms with E-state index in [0.717, 1.165) is 36.4 Å². The molecule has 0 heterocycles. The molecule has 218 valence electrons. The number of hydrogen-bond acceptors (Lipinski definition) is 4. The van der Waals surface area contributed by atoms with Crippen LogP contribution in [0.5, 0.6) is 0 Å². The van der Waals surface area contributed by atoms with E-state index in [0.29, 0.717) is 17.0 Å². The first-order chi connectivity index (χ1) is 19.7. The summed E-state index contributed by atoms with van der Waals surface area (Å²) in [6, 6.07) is 20.7. The number of amides is 2. The monoisotopic (exact) mass is 615 g/mol.